The molecule has 0 saturated heterocycles. The van der Waals surface area contributed by atoms with Crippen LogP contribution in [0.15, 0.2) is 24.3 Å². The lowest BCUT2D eigenvalue weighted by molar-refractivity contribution is -0.0622. The maximum absolute atomic E-state index is 11.9. The van der Waals surface area contributed by atoms with Crippen molar-refractivity contribution in [1.29, 1.82) is 0 Å². The number of carbonyl (C=O) groups excluding carboxylic acids is 1. The van der Waals surface area contributed by atoms with E-state index in [1.807, 2.05) is 27.7 Å². The quantitative estimate of drug-likeness (QED) is 0.585. The van der Waals surface area contributed by atoms with Gasteiger partial charge in [0.15, 0.2) is 0 Å². The van der Waals surface area contributed by atoms with E-state index in [1.165, 1.54) is 44.9 Å². The third-order valence-corrected chi connectivity index (χ3v) is 7.30. The van der Waals surface area contributed by atoms with Gasteiger partial charge in [-0.3, -0.25) is 0 Å². The first kappa shape index (κ1) is 21.5. The fraction of sp³-hybridized carbons (Fsp3) is 0.731. The summed E-state index contributed by atoms with van der Waals surface area (Å²) in [4.78, 5) is 11.9. The Labute approximate surface area is 182 Å². The highest BCUT2D eigenvalue weighted by molar-refractivity contribution is 5.68. The molecule has 1 N–H and O–H groups in total. The van der Waals surface area contributed by atoms with E-state index in [0.29, 0.717) is 11.8 Å². The van der Waals surface area contributed by atoms with Crippen LogP contribution in [0.4, 0.5) is 4.79 Å². The zero-order chi connectivity index (χ0) is 21.4. The molecule has 0 spiro atoms. The van der Waals surface area contributed by atoms with Gasteiger partial charge in [-0.2, -0.15) is 0 Å². The molecule has 4 fully saturated rings. The smallest absolute Gasteiger partial charge is 0.407 e. The van der Waals surface area contributed by atoms with Crippen molar-refractivity contribution in [2.24, 2.45) is 23.2 Å². The zero-order valence-electron chi connectivity index (χ0n) is 19.2. The highest BCUT2D eigenvalue weighted by Crippen LogP contribution is 2.61. The van der Waals surface area contributed by atoms with Crippen molar-refractivity contribution in [2.75, 3.05) is 6.61 Å². The van der Waals surface area contributed by atoms with Gasteiger partial charge in [-0.15, -0.1) is 0 Å². The normalized spacial score (nSPS) is 30.7. The van der Waals surface area contributed by atoms with E-state index in [1.54, 1.807) is 0 Å². The van der Waals surface area contributed by atoms with E-state index in [-0.39, 0.29) is 17.7 Å². The predicted molar refractivity (Wildman–Crippen MR) is 120 cm³/mol. The first-order valence-corrected chi connectivity index (χ1v) is 11.9. The number of ether oxygens (including phenoxy) is 2. The summed E-state index contributed by atoms with van der Waals surface area (Å²) in [5.74, 6) is 3.96. The number of carbonyl (C=O) groups is 1. The standard InChI is InChI=1S/C26H39NO3/c1-18(30-24(28)27-25(2,3)4)11-19-5-7-23(8-6-19)29-10-9-26-15-20-12-21(16-26)14-22(13-20)17-26/h5-8,18,20-22H,9-17H2,1-4H3,(H,27,28). The number of amides is 1. The number of rotatable bonds is 7. The van der Waals surface area contributed by atoms with Crippen LogP contribution in [0.3, 0.4) is 0 Å². The van der Waals surface area contributed by atoms with Crippen molar-refractivity contribution < 1.29 is 14.3 Å². The topological polar surface area (TPSA) is 47.6 Å². The van der Waals surface area contributed by atoms with E-state index >= 15 is 0 Å². The molecule has 0 heterocycles. The summed E-state index contributed by atoms with van der Waals surface area (Å²) in [7, 11) is 0. The minimum atomic E-state index is -0.361. The van der Waals surface area contributed by atoms with Gasteiger partial charge in [-0.25, -0.2) is 4.79 Å². The van der Waals surface area contributed by atoms with Gasteiger partial charge >= 0.3 is 6.09 Å². The molecular weight excluding hydrogens is 374 g/mol. The Morgan fingerprint density at radius 3 is 2.17 bits per heavy atom. The molecule has 1 atom stereocenters. The summed E-state index contributed by atoms with van der Waals surface area (Å²) < 4.78 is 11.6. The fourth-order valence-electron chi connectivity index (χ4n) is 6.60. The lowest BCUT2D eigenvalue weighted by atomic mass is 9.49. The summed E-state index contributed by atoms with van der Waals surface area (Å²) in [6.07, 6.45) is 10.2. The van der Waals surface area contributed by atoms with Gasteiger partial charge < -0.3 is 14.8 Å². The van der Waals surface area contributed by atoms with Gasteiger partial charge in [-0.05, 0) is 114 Å². The van der Waals surface area contributed by atoms with Crippen LogP contribution in [0, 0.1) is 23.2 Å². The second-order valence-corrected chi connectivity index (χ2v) is 11.5. The SMILES string of the molecule is CC(Cc1ccc(OCCC23CC4CC(CC(C4)C2)C3)cc1)OC(=O)NC(C)(C)C. The number of hydrogen-bond donors (Lipinski definition) is 1. The lowest BCUT2D eigenvalue weighted by Gasteiger charge is -2.57. The molecule has 0 radical (unpaired) electrons. The Kier molecular flexibility index (Phi) is 6.05. The van der Waals surface area contributed by atoms with E-state index in [2.05, 4.69) is 29.6 Å². The Morgan fingerprint density at radius 2 is 1.63 bits per heavy atom. The minimum absolute atomic E-state index is 0.171. The molecule has 0 aliphatic heterocycles. The van der Waals surface area contributed by atoms with Crippen LogP contribution < -0.4 is 10.1 Å². The third-order valence-electron chi connectivity index (χ3n) is 7.30. The number of nitrogens with one attached hydrogen (secondary N) is 1. The number of hydrogen-bond acceptors (Lipinski definition) is 3. The first-order chi connectivity index (χ1) is 14.2. The summed E-state index contributed by atoms with van der Waals surface area (Å²) >= 11 is 0. The largest absolute Gasteiger partial charge is 0.494 e. The van der Waals surface area contributed by atoms with E-state index in [4.69, 9.17) is 9.47 Å². The monoisotopic (exact) mass is 413 g/mol. The summed E-state index contributed by atoms with van der Waals surface area (Å²) in [6.45, 7) is 8.60. The van der Waals surface area contributed by atoms with Gasteiger partial charge in [0.25, 0.3) is 0 Å². The van der Waals surface area contributed by atoms with Crippen LogP contribution in [0.1, 0.15) is 78.2 Å². The molecule has 0 aromatic heterocycles. The molecule has 30 heavy (non-hydrogen) atoms. The maximum Gasteiger partial charge on any atom is 0.407 e. The summed E-state index contributed by atoms with van der Waals surface area (Å²) in [5.41, 5.74) is 1.45. The second-order valence-electron chi connectivity index (χ2n) is 11.5. The average Bonchev–Trinajstić information content (AvgIpc) is 2.60. The minimum Gasteiger partial charge on any atom is -0.494 e. The van der Waals surface area contributed by atoms with Crippen molar-refractivity contribution in [3.63, 3.8) is 0 Å². The molecule has 4 aliphatic rings. The van der Waals surface area contributed by atoms with Crippen molar-refractivity contribution in [3.05, 3.63) is 29.8 Å². The van der Waals surface area contributed by atoms with Gasteiger partial charge in [0, 0.05) is 12.0 Å². The van der Waals surface area contributed by atoms with Gasteiger partial charge in [-0.1, -0.05) is 12.1 Å². The molecular formula is C26H39NO3. The molecule has 166 valence electrons. The Balaban J connectivity index is 1.21. The third kappa shape index (κ3) is 5.50. The molecule has 4 bridgehead atoms. The molecule has 4 aliphatic carbocycles. The Morgan fingerprint density at radius 1 is 1.07 bits per heavy atom. The van der Waals surface area contributed by atoms with Crippen molar-refractivity contribution in [3.8, 4) is 5.75 Å². The van der Waals surface area contributed by atoms with Crippen molar-refractivity contribution in [2.45, 2.75) is 90.7 Å². The van der Waals surface area contributed by atoms with E-state index in [0.717, 1.165) is 35.7 Å². The number of alkyl carbamates (subject to hydrolysis) is 1. The number of benzene rings is 1. The van der Waals surface area contributed by atoms with Gasteiger partial charge in [0.05, 0.1) is 6.61 Å². The second kappa shape index (κ2) is 8.43. The zero-order valence-corrected chi connectivity index (χ0v) is 19.2. The van der Waals surface area contributed by atoms with Crippen LogP contribution in [0.2, 0.25) is 0 Å². The molecule has 4 saturated carbocycles. The molecule has 4 nitrogen and oxygen atoms in total. The molecule has 1 aromatic carbocycles. The summed E-state index contributed by atoms with van der Waals surface area (Å²) in [6, 6.07) is 8.27. The van der Waals surface area contributed by atoms with Crippen molar-refractivity contribution in [1.82, 2.24) is 5.32 Å². The van der Waals surface area contributed by atoms with Crippen LogP contribution in [0.5, 0.6) is 5.75 Å². The molecule has 1 aromatic rings. The van der Waals surface area contributed by atoms with Gasteiger partial charge in [0.2, 0.25) is 0 Å². The summed E-state index contributed by atoms with van der Waals surface area (Å²) in [5, 5.41) is 2.83. The van der Waals surface area contributed by atoms with E-state index < -0.39 is 0 Å². The molecule has 1 amide bonds. The highest BCUT2D eigenvalue weighted by Gasteiger charge is 2.50. The average molecular weight is 414 g/mol. The van der Waals surface area contributed by atoms with Crippen LogP contribution >= 0.6 is 0 Å². The fourth-order valence-corrected chi connectivity index (χ4v) is 6.60. The van der Waals surface area contributed by atoms with E-state index in [9.17, 15) is 4.79 Å². The predicted octanol–water partition coefficient (Wildman–Crippen LogP) is 6.13. The molecule has 1 unspecified atom stereocenters. The van der Waals surface area contributed by atoms with Crippen LogP contribution in [-0.2, 0) is 11.2 Å². The molecule has 5 rings (SSSR count). The first-order valence-electron chi connectivity index (χ1n) is 11.9. The lowest BCUT2D eigenvalue weighted by Crippen LogP contribution is -2.46. The van der Waals surface area contributed by atoms with Crippen molar-refractivity contribution >= 4 is 6.09 Å². The van der Waals surface area contributed by atoms with Gasteiger partial charge in [0.1, 0.15) is 11.9 Å². The maximum atomic E-state index is 11.9. The Hall–Kier alpha value is -1.71. The highest BCUT2D eigenvalue weighted by atomic mass is 16.6. The Bertz CT molecular complexity index is 698. The van der Waals surface area contributed by atoms with Crippen LogP contribution in [0.25, 0.3) is 0 Å². The molecule has 4 heteroatoms. The van der Waals surface area contributed by atoms with Crippen LogP contribution in [-0.4, -0.2) is 24.3 Å².